The minimum absolute atomic E-state index is 0.190. The monoisotopic (exact) mass is 384 g/mol. The second-order valence-electron chi connectivity index (χ2n) is 5.89. The van der Waals surface area contributed by atoms with Crippen molar-refractivity contribution < 1.29 is 0 Å². The van der Waals surface area contributed by atoms with Gasteiger partial charge in [-0.2, -0.15) is 0 Å². The summed E-state index contributed by atoms with van der Waals surface area (Å²) in [4.78, 5) is 0. The molecule has 0 bridgehead atoms. The molecule has 0 aliphatic heterocycles. The number of hydrogen-bond acceptors (Lipinski definition) is 0. The van der Waals surface area contributed by atoms with Gasteiger partial charge in [0, 0.05) is 9.50 Å². The first kappa shape index (κ1) is 16.9. The Kier molecular flexibility index (Phi) is 5.40. The molecule has 3 heteroatoms. The maximum atomic E-state index is 6.59. The van der Waals surface area contributed by atoms with Crippen LogP contribution in [0.2, 0.25) is 5.02 Å². The van der Waals surface area contributed by atoms with E-state index in [2.05, 4.69) is 61.0 Å². The lowest BCUT2D eigenvalue weighted by Crippen LogP contribution is -2.15. The van der Waals surface area contributed by atoms with Crippen molar-refractivity contribution in [3.63, 3.8) is 0 Å². The second-order valence-corrected chi connectivity index (χ2v) is 7.65. The maximum absolute atomic E-state index is 6.59. The Balaban J connectivity index is 2.30. The van der Waals surface area contributed by atoms with Crippen LogP contribution in [-0.2, 0) is 5.41 Å². The molecule has 0 aliphatic rings. The highest BCUT2D eigenvalue weighted by atomic mass is 79.9. The molecule has 112 valence electrons. The molecule has 2 rings (SSSR count). The third kappa shape index (κ3) is 3.83. The Morgan fingerprint density at radius 2 is 1.71 bits per heavy atom. The van der Waals surface area contributed by atoms with Crippen LogP contribution in [0.1, 0.15) is 49.3 Å². The first-order valence-electron chi connectivity index (χ1n) is 7.04. The van der Waals surface area contributed by atoms with Crippen LogP contribution in [0.3, 0.4) is 0 Å². The smallest absolute Gasteiger partial charge is 0.0849 e. The molecule has 21 heavy (non-hydrogen) atoms. The highest BCUT2D eigenvalue weighted by Gasteiger charge is 2.19. The number of hydrogen-bond donors (Lipinski definition) is 0. The van der Waals surface area contributed by atoms with Gasteiger partial charge in [-0.25, -0.2) is 0 Å². The van der Waals surface area contributed by atoms with Gasteiger partial charge in [0.1, 0.15) is 0 Å². The van der Waals surface area contributed by atoms with Gasteiger partial charge in [-0.3, -0.25) is 0 Å². The highest BCUT2D eigenvalue weighted by Crippen LogP contribution is 2.36. The van der Waals surface area contributed by atoms with Crippen molar-refractivity contribution in [2.24, 2.45) is 0 Å². The van der Waals surface area contributed by atoms with Gasteiger partial charge in [0.2, 0.25) is 0 Å². The minimum atomic E-state index is -0.232. The average molecular weight is 386 g/mol. The minimum Gasteiger partial charge on any atom is -0.113 e. The lowest BCUT2D eigenvalue weighted by atomic mass is 9.82. The van der Waals surface area contributed by atoms with Crippen LogP contribution in [0, 0.1) is 0 Å². The van der Waals surface area contributed by atoms with Crippen LogP contribution in [0.15, 0.2) is 46.9 Å². The summed E-state index contributed by atoms with van der Waals surface area (Å²) in [7, 11) is 0. The zero-order valence-corrected chi connectivity index (χ0v) is 15.6. The molecule has 2 aromatic rings. The lowest BCUT2D eigenvalue weighted by Gasteiger charge is -2.24. The van der Waals surface area contributed by atoms with E-state index in [1.54, 1.807) is 0 Å². The molecule has 0 amide bonds. The Labute approximate surface area is 145 Å². The van der Waals surface area contributed by atoms with Gasteiger partial charge < -0.3 is 0 Å². The van der Waals surface area contributed by atoms with Gasteiger partial charge in [-0.15, -0.1) is 11.6 Å². The van der Waals surface area contributed by atoms with E-state index in [0.29, 0.717) is 5.02 Å². The van der Waals surface area contributed by atoms with E-state index in [0.717, 1.165) is 22.0 Å². The van der Waals surface area contributed by atoms with E-state index in [1.165, 1.54) is 5.56 Å². The van der Waals surface area contributed by atoms with Gasteiger partial charge in [0.15, 0.2) is 0 Å². The SMILES string of the molecule is CCC(C)(C)c1ccc(C(Cl)c2ccc(Br)cc2Cl)cc1. The number of rotatable bonds is 4. The summed E-state index contributed by atoms with van der Waals surface area (Å²) in [5.74, 6) is 0. The zero-order chi connectivity index (χ0) is 15.6. The van der Waals surface area contributed by atoms with Crippen molar-refractivity contribution in [3.8, 4) is 0 Å². The fraction of sp³-hybridized carbons (Fsp3) is 0.333. The summed E-state index contributed by atoms with van der Waals surface area (Å²) >= 11 is 16.3. The van der Waals surface area contributed by atoms with Gasteiger partial charge in [0.25, 0.3) is 0 Å². The zero-order valence-electron chi connectivity index (χ0n) is 12.5. The average Bonchev–Trinajstić information content (AvgIpc) is 2.47. The third-order valence-corrected chi connectivity index (χ3v) is 5.41. The van der Waals surface area contributed by atoms with E-state index in [9.17, 15) is 0 Å². The number of halogens is 3. The molecule has 1 atom stereocenters. The molecule has 0 heterocycles. The Bertz CT molecular complexity index is 618. The molecule has 0 N–H and O–H groups in total. The van der Waals surface area contributed by atoms with Crippen LogP contribution in [0.25, 0.3) is 0 Å². The van der Waals surface area contributed by atoms with Crippen molar-refractivity contribution in [2.45, 2.75) is 38.0 Å². The topological polar surface area (TPSA) is 0 Å². The lowest BCUT2D eigenvalue weighted by molar-refractivity contribution is 0.506. The number of alkyl halides is 1. The molecule has 2 aromatic carbocycles. The van der Waals surface area contributed by atoms with Gasteiger partial charge in [-0.05, 0) is 40.7 Å². The van der Waals surface area contributed by atoms with Crippen LogP contribution in [0.4, 0.5) is 0 Å². The summed E-state index contributed by atoms with van der Waals surface area (Å²) in [5, 5.41) is 0.451. The van der Waals surface area contributed by atoms with E-state index >= 15 is 0 Å². The first-order chi connectivity index (χ1) is 9.85. The Hall–Kier alpha value is -0.500. The molecule has 0 fully saturated rings. The molecular weight excluding hydrogens is 367 g/mol. The summed E-state index contributed by atoms with van der Waals surface area (Å²) < 4.78 is 0.958. The molecule has 0 aromatic heterocycles. The summed E-state index contributed by atoms with van der Waals surface area (Å²) in [6.07, 6.45) is 1.11. The Morgan fingerprint density at radius 3 is 2.24 bits per heavy atom. The summed E-state index contributed by atoms with van der Waals surface area (Å²) in [6, 6.07) is 14.3. The van der Waals surface area contributed by atoms with Crippen molar-refractivity contribution in [3.05, 3.63) is 68.7 Å². The van der Waals surface area contributed by atoms with Gasteiger partial charge >= 0.3 is 0 Å². The fourth-order valence-corrected chi connectivity index (χ4v) is 3.37. The molecule has 0 aliphatic carbocycles. The standard InChI is InChI=1S/C18H19BrCl2/c1-4-18(2,3)13-7-5-12(6-8-13)17(21)15-10-9-14(19)11-16(15)20/h5-11,17H,4H2,1-3H3. The van der Waals surface area contributed by atoms with E-state index in [4.69, 9.17) is 23.2 Å². The number of benzene rings is 2. The van der Waals surface area contributed by atoms with Gasteiger partial charge in [0.05, 0.1) is 5.38 Å². The molecule has 0 nitrogen and oxygen atoms in total. The third-order valence-electron chi connectivity index (χ3n) is 4.10. The Morgan fingerprint density at radius 1 is 1.10 bits per heavy atom. The van der Waals surface area contributed by atoms with E-state index in [-0.39, 0.29) is 10.8 Å². The molecule has 0 saturated carbocycles. The van der Waals surface area contributed by atoms with E-state index < -0.39 is 0 Å². The quantitative estimate of drug-likeness (QED) is 0.491. The van der Waals surface area contributed by atoms with Crippen molar-refractivity contribution in [1.29, 1.82) is 0 Å². The van der Waals surface area contributed by atoms with Crippen molar-refractivity contribution >= 4 is 39.1 Å². The van der Waals surface area contributed by atoms with Crippen molar-refractivity contribution in [2.75, 3.05) is 0 Å². The molecule has 0 saturated heterocycles. The summed E-state index contributed by atoms with van der Waals surface area (Å²) in [5.41, 5.74) is 3.52. The molecule has 0 radical (unpaired) electrons. The molecular formula is C18H19BrCl2. The van der Waals surface area contributed by atoms with Crippen LogP contribution in [-0.4, -0.2) is 0 Å². The predicted octanol–water partition coefficient (Wildman–Crippen LogP) is 7.12. The summed E-state index contributed by atoms with van der Waals surface area (Å²) in [6.45, 7) is 6.72. The maximum Gasteiger partial charge on any atom is 0.0849 e. The van der Waals surface area contributed by atoms with Crippen molar-refractivity contribution in [1.82, 2.24) is 0 Å². The van der Waals surface area contributed by atoms with E-state index in [1.807, 2.05) is 18.2 Å². The van der Waals surface area contributed by atoms with Crippen LogP contribution >= 0.6 is 39.1 Å². The molecule has 0 spiro atoms. The van der Waals surface area contributed by atoms with Gasteiger partial charge in [-0.1, -0.05) is 78.6 Å². The predicted molar refractivity (Wildman–Crippen MR) is 96.6 cm³/mol. The first-order valence-corrected chi connectivity index (χ1v) is 8.65. The van der Waals surface area contributed by atoms with Crippen LogP contribution < -0.4 is 0 Å². The largest absolute Gasteiger partial charge is 0.113 e. The fourth-order valence-electron chi connectivity index (χ4n) is 2.19. The molecule has 1 unspecified atom stereocenters. The van der Waals surface area contributed by atoms with Crippen LogP contribution in [0.5, 0.6) is 0 Å². The highest BCUT2D eigenvalue weighted by molar-refractivity contribution is 9.10. The second kappa shape index (κ2) is 6.73. The normalized spacial score (nSPS) is 13.2.